The molecule has 2 aromatic rings. The quantitative estimate of drug-likeness (QED) is 0.865. The summed E-state index contributed by atoms with van der Waals surface area (Å²) in [6, 6.07) is 6.63. The van der Waals surface area contributed by atoms with Crippen LogP contribution >= 0.6 is 11.8 Å². The van der Waals surface area contributed by atoms with Gasteiger partial charge in [0.2, 0.25) is 0 Å². The first-order chi connectivity index (χ1) is 8.56. The molecule has 0 radical (unpaired) electrons. The summed E-state index contributed by atoms with van der Waals surface area (Å²) in [5, 5.41) is 0.544. The molecule has 1 aromatic heterocycles. The number of nitrogens with zero attached hydrogens (tertiary/aromatic N) is 2. The topological polar surface area (TPSA) is 51.8 Å². The third kappa shape index (κ3) is 3.05. The minimum Gasteiger partial charge on any atom is -0.324 e. The van der Waals surface area contributed by atoms with Gasteiger partial charge in [-0.25, -0.2) is 14.4 Å². The zero-order chi connectivity index (χ0) is 13.1. The molecule has 5 heteroatoms. The van der Waals surface area contributed by atoms with E-state index in [4.69, 9.17) is 5.73 Å². The Morgan fingerprint density at radius 1 is 1.33 bits per heavy atom. The Bertz CT molecular complexity index is 558. The van der Waals surface area contributed by atoms with Crippen molar-refractivity contribution in [1.29, 1.82) is 0 Å². The highest BCUT2D eigenvalue weighted by Crippen LogP contribution is 2.28. The molecule has 0 amide bonds. The van der Waals surface area contributed by atoms with E-state index in [1.807, 2.05) is 19.9 Å². The number of hydrogen-bond acceptors (Lipinski definition) is 4. The van der Waals surface area contributed by atoms with Crippen molar-refractivity contribution in [2.75, 3.05) is 0 Å². The smallest absolute Gasteiger partial charge is 0.192 e. The van der Waals surface area contributed by atoms with Crippen molar-refractivity contribution in [3.63, 3.8) is 0 Å². The van der Waals surface area contributed by atoms with E-state index in [-0.39, 0.29) is 11.9 Å². The van der Waals surface area contributed by atoms with E-state index in [2.05, 4.69) is 9.97 Å². The van der Waals surface area contributed by atoms with Gasteiger partial charge in [0.05, 0.1) is 4.90 Å². The van der Waals surface area contributed by atoms with E-state index in [1.165, 1.54) is 17.8 Å². The third-order valence-electron chi connectivity index (χ3n) is 2.46. The summed E-state index contributed by atoms with van der Waals surface area (Å²) in [6.45, 7) is 3.70. The average Bonchev–Trinajstić information content (AvgIpc) is 2.31. The molecule has 0 fully saturated rings. The second kappa shape index (κ2) is 5.46. The summed E-state index contributed by atoms with van der Waals surface area (Å²) in [6.07, 6.45) is 1.67. The van der Waals surface area contributed by atoms with E-state index in [0.29, 0.717) is 10.1 Å². The molecule has 2 N–H and O–H groups in total. The molecule has 1 atom stereocenters. The van der Waals surface area contributed by atoms with Gasteiger partial charge < -0.3 is 5.73 Å². The van der Waals surface area contributed by atoms with E-state index in [1.54, 1.807) is 18.3 Å². The number of benzene rings is 1. The van der Waals surface area contributed by atoms with Gasteiger partial charge in [0.1, 0.15) is 5.82 Å². The van der Waals surface area contributed by atoms with Gasteiger partial charge in [-0.1, -0.05) is 6.07 Å². The van der Waals surface area contributed by atoms with Gasteiger partial charge in [-0.15, -0.1) is 0 Å². The van der Waals surface area contributed by atoms with E-state index in [0.717, 1.165) is 11.3 Å². The predicted octanol–water partition coefficient (Wildman–Crippen LogP) is 3.10. The van der Waals surface area contributed by atoms with Crippen LogP contribution in [0.1, 0.15) is 24.2 Å². The van der Waals surface area contributed by atoms with Crippen LogP contribution in [0.4, 0.5) is 4.39 Å². The lowest BCUT2D eigenvalue weighted by Gasteiger charge is -2.08. The lowest BCUT2D eigenvalue weighted by molar-refractivity contribution is 0.596. The standard InChI is InChI=1S/C13H14FN3S/c1-8-5-6-16-13(17-8)18-12-4-3-10(9(2)15)7-11(12)14/h3-7,9H,15H2,1-2H3/t9-/m1/s1. The van der Waals surface area contributed by atoms with Crippen LogP contribution < -0.4 is 5.73 Å². The Balaban J connectivity index is 2.24. The van der Waals surface area contributed by atoms with Gasteiger partial charge in [0.25, 0.3) is 0 Å². The molecule has 3 nitrogen and oxygen atoms in total. The summed E-state index contributed by atoms with van der Waals surface area (Å²) in [7, 11) is 0. The fourth-order valence-electron chi connectivity index (χ4n) is 1.46. The Labute approximate surface area is 110 Å². The number of halogens is 1. The molecule has 0 unspecified atom stereocenters. The molecule has 0 saturated heterocycles. The molecular weight excluding hydrogens is 249 g/mol. The highest BCUT2D eigenvalue weighted by atomic mass is 32.2. The fourth-order valence-corrected chi connectivity index (χ4v) is 2.25. The summed E-state index contributed by atoms with van der Waals surface area (Å²) in [4.78, 5) is 8.83. The Morgan fingerprint density at radius 3 is 2.72 bits per heavy atom. The van der Waals surface area contributed by atoms with Gasteiger partial charge in [-0.3, -0.25) is 0 Å². The SMILES string of the molecule is Cc1ccnc(Sc2ccc([C@@H](C)N)cc2F)n1. The molecule has 0 saturated carbocycles. The molecule has 0 bridgehead atoms. The van der Waals surface area contributed by atoms with Crippen molar-refractivity contribution in [3.8, 4) is 0 Å². The minimum absolute atomic E-state index is 0.172. The molecular formula is C13H14FN3S. The Morgan fingerprint density at radius 2 is 2.11 bits per heavy atom. The normalized spacial score (nSPS) is 12.4. The van der Waals surface area contributed by atoms with Crippen LogP contribution in [0.5, 0.6) is 0 Å². The van der Waals surface area contributed by atoms with E-state index < -0.39 is 0 Å². The number of aromatic nitrogens is 2. The first-order valence-corrected chi connectivity index (χ1v) is 6.40. The highest BCUT2D eigenvalue weighted by Gasteiger charge is 2.09. The van der Waals surface area contributed by atoms with Gasteiger partial charge in [0, 0.05) is 17.9 Å². The molecule has 0 aliphatic heterocycles. The molecule has 2 rings (SSSR count). The zero-order valence-corrected chi connectivity index (χ0v) is 11.0. The first-order valence-electron chi connectivity index (χ1n) is 5.59. The van der Waals surface area contributed by atoms with Crippen LogP contribution in [-0.2, 0) is 0 Å². The average molecular weight is 263 g/mol. The summed E-state index contributed by atoms with van der Waals surface area (Å²) in [5.41, 5.74) is 7.35. The maximum Gasteiger partial charge on any atom is 0.192 e. The molecule has 0 spiro atoms. The number of aryl methyl sites for hydroxylation is 1. The number of hydrogen-bond donors (Lipinski definition) is 1. The van der Waals surface area contributed by atoms with Crippen LogP contribution in [-0.4, -0.2) is 9.97 Å². The van der Waals surface area contributed by atoms with E-state index >= 15 is 0 Å². The largest absolute Gasteiger partial charge is 0.324 e. The molecule has 18 heavy (non-hydrogen) atoms. The van der Waals surface area contributed by atoms with Gasteiger partial charge in [0.15, 0.2) is 5.16 Å². The van der Waals surface area contributed by atoms with Crippen molar-refractivity contribution in [2.24, 2.45) is 5.73 Å². The number of rotatable bonds is 3. The molecule has 0 aliphatic rings. The van der Waals surface area contributed by atoms with Crippen LogP contribution in [0.25, 0.3) is 0 Å². The fraction of sp³-hybridized carbons (Fsp3) is 0.231. The predicted molar refractivity (Wildman–Crippen MR) is 69.9 cm³/mol. The number of nitrogens with two attached hydrogens (primary N) is 1. The van der Waals surface area contributed by atoms with Crippen molar-refractivity contribution >= 4 is 11.8 Å². The lowest BCUT2D eigenvalue weighted by Crippen LogP contribution is -2.05. The maximum atomic E-state index is 13.9. The van der Waals surface area contributed by atoms with Crippen molar-refractivity contribution in [2.45, 2.75) is 29.9 Å². The summed E-state index contributed by atoms with van der Waals surface area (Å²) >= 11 is 1.21. The maximum absolute atomic E-state index is 13.9. The monoisotopic (exact) mass is 263 g/mol. The molecule has 1 heterocycles. The second-order valence-corrected chi connectivity index (χ2v) is 5.07. The zero-order valence-electron chi connectivity index (χ0n) is 10.2. The Hall–Kier alpha value is -1.46. The highest BCUT2D eigenvalue weighted by molar-refractivity contribution is 7.99. The van der Waals surface area contributed by atoms with Crippen LogP contribution in [0.15, 0.2) is 40.5 Å². The lowest BCUT2D eigenvalue weighted by atomic mass is 10.1. The van der Waals surface area contributed by atoms with Crippen molar-refractivity contribution in [3.05, 3.63) is 47.5 Å². The van der Waals surface area contributed by atoms with Crippen LogP contribution in [0, 0.1) is 12.7 Å². The third-order valence-corrected chi connectivity index (χ3v) is 3.39. The van der Waals surface area contributed by atoms with E-state index in [9.17, 15) is 4.39 Å². The first kappa shape index (κ1) is 13.0. The van der Waals surface area contributed by atoms with Crippen LogP contribution in [0.2, 0.25) is 0 Å². The van der Waals surface area contributed by atoms with Crippen molar-refractivity contribution in [1.82, 2.24) is 9.97 Å². The summed E-state index contributed by atoms with van der Waals surface area (Å²) < 4.78 is 13.9. The minimum atomic E-state index is -0.292. The van der Waals surface area contributed by atoms with Gasteiger partial charge >= 0.3 is 0 Å². The molecule has 94 valence electrons. The molecule has 0 aliphatic carbocycles. The van der Waals surface area contributed by atoms with Gasteiger partial charge in [-0.2, -0.15) is 0 Å². The molecule has 1 aromatic carbocycles. The second-order valence-electron chi connectivity index (χ2n) is 4.06. The van der Waals surface area contributed by atoms with Crippen molar-refractivity contribution < 1.29 is 4.39 Å². The Kier molecular flexibility index (Phi) is 3.93. The van der Waals surface area contributed by atoms with Gasteiger partial charge in [-0.05, 0) is 49.4 Å². The summed E-state index contributed by atoms with van der Waals surface area (Å²) in [5.74, 6) is -0.292. The van der Waals surface area contributed by atoms with Crippen LogP contribution in [0.3, 0.4) is 0 Å².